The van der Waals surface area contributed by atoms with Crippen LogP contribution in [0.3, 0.4) is 0 Å². The molecule has 6 nitrogen and oxygen atoms in total. The maximum atomic E-state index is 12.6. The first-order valence-corrected chi connectivity index (χ1v) is 11.1. The second-order valence-electron chi connectivity index (χ2n) is 7.90. The summed E-state index contributed by atoms with van der Waals surface area (Å²) in [7, 11) is 1.66. The van der Waals surface area contributed by atoms with E-state index in [4.69, 9.17) is 4.74 Å². The van der Waals surface area contributed by atoms with Crippen molar-refractivity contribution in [3.05, 3.63) is 59.7 Å². The van der Waals surface area contributed by atoms with Gasteiger partial charge in [-0.3, -0.25) is 14.5 Å². The molecule has 0 saturated carbocycles. The molecule has 2 aromatic carbocycles. The highest BCUT2D eigenvalue weighted by molar-refractivity contribution is 5.96. The molecular weight excluding hydrogens is 390 g/mol. The lowest BCUT2D eigenvalue weighted by Crippen LogP contribution is -2.38. The van der Waals surface area contributed by atoms with Gasteiger partial charge in [0.05, 0.1) is 13.2 Å². The van der Waals surface area contributed by atoms with Crippen LogP contribution in [-0.4, -0.2) is 43.5 Å². The van der Waals surface area contributed by atoms with Gasteiger partial charge in [-0.15, -0.1) is 0 Å². The number of para-hydroxylation sites is 1. The minimum absolute atomic E-state index is 0.00361. The molecular formula is C25H33N3O3. The van der Waals surface area contributed by atoms with Crippen LogP contribution >= 0.6 is 0 Å². The van der Waals surface area contributed by atoms with Crippen LogP contribution in [0.1, 0.15) is 43.9 Å². The molecule has 1 aliphatic heterocycles. The smallest absolute Gasteiger partial charge is 0.227 e. The van der Waals surface area contributed by atoms with Crippen molar-refractivity contribution in [1.82, 2.24) is 10.2 Å². The van der Waals surface area contributed by atoms with Crippen LogP contribution < -0.4 is 15.4 Å². The average Bonchev–Trinajstić information content (AvgIpc) is 2.80. The summed E-state index contributed by atoms with van der Waals surface area (Å²) in [6.45, 7) is 6.54. The molecule has 0 aliphatic carbocycles. The van der Waals surface area contributed by atoms with Crippen molar-refractivity contribution < 1.29 is 14.3 Å². The topological polar surface area (TPSA) is 70.7 Å². The quantitative estimate of drug-likeness (QED) is 0.610. The summed E-state index contributed by atoms with van der Waals surface area (Å²) in [5, 5.41) is 6.05. The lowest BCUT2D eigenvalue weighted by molar-refractivity contribution is -0.123. The summed E-state index contributed by atoms with van der Waals surface area (Å²) in [4.78, 5) is 27.3. The second-order valence-corrected chi connectivity index (χ2v) is 7.90. The SMILES string of the molecule is CCN(CC)C(CNC(=O)CCC1Cc2ccccc2NC1=O)c1cccc(OC)c1. The summed E-state index contributed by atoms with van der Waals surface area (Å²) in [6, 6.07) is 15.9. The fourth-order valence-electron chi connectivity index (χ4n) is 4.22. The van der Waals surface area contributed by atoms with Crippen LogP contribution in [0.2, 0.25) is 0 Å². The number of likely N-dealkylation sites (N-methyl/N-ethyl adjacent to an activating group) is 1. The van der Waals surface area contributed by atoms with E-state index in [0.29, 0.717) is 25.8 Å². The van der Waals surface area contributed by atoms with E-state index in [1.807, 2.05) is 42.5 Å². The number of nitrogens with one attached hydrogen (secondary N) is 2. The Hall–Kier alpha value is -2.86. The molecule has 2 unspecified atom stereocenters. The first-order chi connectivity index (χ1) is 15.0. The molecule has 2 N–H and O–H groups in total. The van der Waals surface area contributed by atoms with Gasteiger partial charge in [0, 0.05) is 24.6 Å². The number of nitrogens with zero attached hydrogens (tertiary/aromatic N) is 1. The van der Waals surface area contributed by atoms with E-state index in [1.54, 1.807) is 7.11 Å². The van der Waals surface area contributed by atoms with Gasteiger partial charge in [0.2, 0.25) is 11.8 Å². The molecule has 2 aromatic rings. The van der Waals surface area contributed by atoms with Gasteiger partial charge in [-0.05, 0) is 55.3 Å². The Kier molecular flexibility index (Phi) is 8.06. The van der Waals surface area contributed by atoms with Crippen LogP contribution in [0.5, 0.6) is 5.75 Å². The van der Waals surface area contributed by atoms with E-state index in [-0.39, 0.29) is 23.8 Å². The average molecular weight is 424 g/mol. The van der Waals surface area contributed by atoms with Crippen LogP contribution in [0.4, 0.5) is 5.69 Å². The fourth-order valence-corrected chi connectivity index (χ4v) is 4.22. The lowest BCUT2D eigenvalue weighted by Gasteiger charge is -2.30. The van der Waals surface area contributed by atoms with Crippen LogP contribution in [0, 0.1) is 5.92 Å². The molecule has 0 bridgehead atoms. The van der Waals surface area contributed by atoms with Crippen molar-refractivity contribution in [2.75, 3.05) is 32.1 Å². The predicted octanol–water partition coefficient (Wildman–Crippen LogP) is 3.79. The van der Waals surface area contributed by atoms with E-state index < -0.39 is 0 Å². The number of anilines is 1. The summed E-state index contributed by atoms with van der Waals surface area (Å²) in [6.07, 6.45) is 1.56. The minimum Gasteiger partial charge on any atom is -0.497 e. The van der Waals surface area contributed by atoms with Crippen molar-refractivity contribution in [3.8, 4) is 5.75 Å². The Morgan fingerprint density at radius 3 is 2.71 bits per heavy atom. The Morgan fingerprint density at radius 2 is 1.97 bits per heavy atom. The molecule has 6 heteroatoms. The molecule has 0 radical (unpaired) electrons. The lowest BCUT2D eigenvalue weighted by atomic mass is 9.89. The van der Waals surface area contributed by atoms with Crippen LogP contribution in [0.25, 0.3) is 0 Å². The summed E-state index contributed by atoms with van der Waals surface area (Å²) in [5.41, 5.74) is 3.13. The van der Waals surface area contributed by atoms with Gasteiger partial charge < -0.3 is 15.4 Å². The van der Waals surface area contributed by atoms with Gasteiger partial charge >= 0.3 is 0 Å². The van der Waals surface area contributed by atoms with Gasteiger partial charge in [0.1, 0.15) is 5.75 Å². The number of methoxy groups -OCH3 is 1. The summed E-state index contributed by atoms with van der Waals surface area (Å²) < 4.78 is 5.37. The molecule has 2 atom stereocenters. The Morgan fingerprint density at radius 1 is 1.19 bits per heavy atom. The molecule has 2 amide bonds. The van der Waals surface area contributed by atoms with Crippen molar-refractivity contribution >= 4 is 17.5 Å². The van der Waals surface area contributed by atoms with E-state index in [9.17, 15) is 9.59 Å². The molecule has 1 aliphatic rings. The van der Waals surface area contributed by atoms with Gasteiger partial charge in [-0.2, -0.15) is 0 Å². The van der Waals surface area contributed by atoms with E-state index in [2.05, 4.69) is 35.4 Å². The number of rotatable bonds is 10. The van der Waals surface area contributed by atoms with Gasteiger partial charge in [0.15, 0.2) is 0 Å². The summed E-state index contributed by atoms with van der Waals surface area (Å²) >= 11 is 0. The predicted molar refractivity (Wildman–Crippen MR) is 123 cm³/mol. The number of carbonyl (C=O) groups is 2. The van der Waals surface area contributed by atoms with Gasteiger partial charge in [-0.25, -0.2) is 0 Å². The molecule has 0 spiro atoms. The molecule has 3 rings (SSSR count). The van der Waals surface area contributed by atoms with Gasteiger partial charge in [-0.1, -0.05) is 44.2 Å². The number of hydrogen-bond acceptors (Lipinski definition) is 4. The van der Waals surface area contributed by atoms with E-state index >= 15 is 0 Å². The molecule has 1 heterocycles. The van der Waals surface area contributed by atoms with Crippen molar-refractivity contribution in [2.45, 2.75) is 39.2 Å². The Balaban J connectivity index is 1.57. The monoisotopic (exact) mass is 423 g/mol. The number of benzene rings is 2. The zero-order chi connectivity index (χ0) is 22.2. The standard InChI is InChI=1S/C25H33N3O3/c1-4-28(5-2)23(19-10-8-11-21(16-19)31-3)17-26-24(29)14-13-20-15-18-9-6-7-12-22(18)27-25(20)30/h6-12,16,20,23H,4-5,13-15,17H2,1-3H3,(H,26,29)(H,27,30). The number of carbonyl (C=O) groups excluding carboxylic acids is 2. The van der Waals surface area contributed by atoms with Crippen LogP contribution in [0.15, 0.2) is 48.5 Å². The normalized spacial score (nSPS) is 16.4. The first-order valence-electron chi connectivity index (χ1n) is 11.1. The number of ether oxygens (including phenoxy) is 1. The van der Waals surface area contributed by atoms with E-state index in [0.717, 1.165) is 35.7 Å². The summed E-state index contributed by atoms with van der Waals surface area (Å²) in [5.74, 6) is 0.623. The van der Waals surface area contributed by atoms with Crippen molar-refractivity contribution in [2.24, 2.45) is 5.92 Å². The first kappa shape index (κ1) is 22.8. The van der Waals surface area contributed by atoms with Crippen molar-refractivity contribution in [3.63, 3.8) is 0 Å². The van der Waals surface area contributed by atoms with Gasteiger partial charge in [0.25, 0.3) is 0 Å². The largest absolute Gasteiger partial charge is 0.497 e. The van der Waals surface area contributed by atoms with Crippen LogP contribution in [-0.2, 0) is 16.0 Å². The molecule has 0 saturated heterocycles. The zero-order valence-electron chi connectivity index (χ0n) is 18.7. The minimum atomic E-state index is -0.169. The van der Waals surface area contributed by atoms with E-state index in [1.165, 1.54) is 0 Å². The highest BCUT2D eigenvalue weighted by Gasteiger charge is 2.26. The fraction of sp³-hybridized carbons (Fsp3) is 0.440. The molecule has 0 fully saturated rings. The number of hydrogen-bond donors (Lipinski definition) is 2. The maximum absolute atomic E-state index is 12.6. The zero-order valence-corrected chi connectivity index (χ0v) is 18.7. The third-order valence-electron chi connectivity index (χ3n) is 6.06. The third kappa shape index (κ3) is 5.85. The molecule has 166 valence electrons. The number of fused-ring (bicyclic) bond motifs is 1. The maximum Gasteiger partial charge on any atom is 0.227 e. The van der Waals surface area contributed by atoms with Crippen molar-refractivity contribution in [1.29, 1.82) is 0 Å². The second kappa shape index (κ2) is 11.0. The molecule has 31 heavy (non-hydrogen) atoms. The highest BCUT2D eigenvalue weighted by atomic mass is 16.5. The molecule has 0 aromatic heterocycles. The third-order valence-corrected chi connectivity index (χ3v) is 6.06. The highest BCUT2D eigenvalue weighted by Crippen LogP contribution is 2.28. The Bertz CT molecular complexity index is 895. The Labute approximate surface area is 185 Å². The number of amides is 2.